The predicted molar refractivity (Wildman–Crippen MR) is 130 cm³/mol. The number of benzene rings is 3. The number of carboxylic acid groups (broad SMARTS) is 1. The molecular formula is C25H22BrClN2O3. The summed E-state index contributed by atoms with van der Waals surface area (Å²) in [6.07, 6.45) is 2.24. The van der Waals surface area contributed by atoms with Gasteiger partial charge in [0.1, 0.15) is 18.4 Å². The number of carboxylic acids is 1. The number of H-pyrrole nitrogens is 1. The summed E-state index contributed by atoms with van der Waals surface area (Å²) in [5.41, 5.74) is 3.79. The summed E-state index contributed by atoms with van der Waals surface area (Å²) in [6.45, 7) is 0.719. The van der Waals surface area contributed by atoms with Crippen LogP contribution in [0.4, 0.5) is 0 Å². The van der Waals surface area contributed by atoms with E-state index in [2.05, 4.69) is 26.2 Å². The van der Waals surface area contributed by atoms with Crippen LogP contribution in [0.15, 0.2) is 77.4 Å². The topological polar surface area (TPSA) is 74.3 Å². The van der Waals surface area contributed by atoms with Crippen molar-refractivity contribution in [2.45, 2.75) is 25.6 Å². The first-order valence-corrected chi connectivity index (χ1v) is 11.3. The minimum atomic E-state index is -0.897. The van der Waals surface area contributed by atoms with Crippen molar-refractivity contribution < 1.29 is 14.6 Å². The van der Waals surface area contributed by atoms with Crippen LogP contribution in [0.5, 0.6) is 5.75 Å². The number of nitrogens with one attached hydrogen (secondary N) is 2. The van der Waals surface area contributed by atoms with Gasteiger partial charge in [-0.25, -0.2) is 0 Å². The monoisotopic (exact) mass is 512 g/mol. The minimum Gasteiger partial charge on any atom is -0.489 e. The van der Waals surface area contributed by atoms with Crippen molar-refractivity contribution >= 4 is 44.4 Å². The zero-order valence-corrected chi connectivity index (χ0v) is 19.5. The Kier molecular flexibility index (Phi) is 7.15. The molecule has 0 amide bonds. The van der Waals surface area contributed by atoms with Crippen LogP contribution < -0.4 is 10.1 Å². The molecule has 0 unspecified atom stereocenters. The average molecular weight is 514 g/mol. The van der Waals surface area contributed by atoms with Gasteiger partial charge in [0.15, 0.2) is 0 Å². The van der Waals surface area contributed by atoms with Gasteiger partial charge < -0.3 is 14.8 Å². The molecule has 1 heterocycles. The molecule has 5 nitrogen and oxygen atoms in total. The highest BCUT2D eigenvalue weighted by atomic mass is 79.9. The third-order valence-electron chi connectivity index (χ3n) is 5.24. The third kappa shape index (κ3) is 5.51. The normalized spacial score (nSPS) is 12.1. The lowest BCUT2D eigenvalue weighted by atomic mass is 10.0. The quantitative estimate of drug-likeness (QED) is 0.259. The molecule has 0 bridgehead atoms. The SMILES string of the molecule is O=C(O)[C@@H](Cc1c[nH]c2ccccc12)NCc1cc(Br)ccc1OCc1cccc(Cl)c1. The van der Waals surface area contributed by atoms with E-state index < -0.39 is 12.0 Å². The number of halogens is 2. The second-order valence-electron chi connectivity index (χ2n) is 7.51. The van der Waals surface area contributed by atoms with Gasteiger partial charge in [0.05, 0.1) is 0 Å². The van der Waals surface area contributed by atoms with E-state index in [1.165, 1.54) is 0 Å². The Labute approximate surface area is 199 Å². The molecule has 4 rings (SSSR count). The Bertz CT molecular complexity index is 1240. The Morgan fingerprint density at radius 3 is 2.75 bits per heavy atom. The molecule has 3 N–H and O–H groups in total. The molecule has 0 radical (unpaired) electrons. The van der Waals surface area contributed by atoms with Crippen LogP contribution in [0.25, 0.3) is 10.9 Å². The number of ether oxygens (including phenoxy) is 1. The van der Waals surface area contributed by atoms with Gasteiger partial charge in [-0.15, -0.1) is 0 Å². The number of fused-ring (bicyclic) bond motifs is 1. The fourth-order valence-electron chi connectivity index (χ4n) is 3.62. The van der Waals surface area contributed by atoms with Crippen molar-refractivity contribution in [1.82, 2.24) is 10.3 Å². The zero-order chi connectivity index (χ0) is 22.5. The molecule has 1 atom stereocenters. The van der Waals surface area contributed by atoms with Crippen molar-refractivity contribution in [2.24, 2.45) is 0 Å². The van der Waals surface area contributed by atoms with Crippen LogP contribution in [0, 0.1) is 0 Å². The van der Waals surface area contributed by atoms with Crippen LogP contribution in [0.2, 0.25) is 5.02 Å². The molecule has 0 aliphatic rings. The Balaban J connectivity index is 1.47. The van der Waals surface area contributed by atoms with Crippen LogP contribution in [0.1, 0.15) is 16.7 Å². The number of aromatic amines is 1. The van der Waals surface area contributed by atoms with E-state index in [0.29, 0.717) is 30.3 Å². The lowest BCUT2D eigenvalue weighted by molar-refractivity contribution is -0.139. The molecule has 1 aromatic heterocycles. The molecule has 0 saturated carbocycles. The Morgan fingerprint density at radius 1 is 1.09 bits per heavy atom. The number of carbonyl (C=O) groups is 1. The fraction of sp³-hybridized carbons (Fsp3) is 0.160. The summed E-state index contributed by atoms with van der Waals surface area (Å²) in [4.78, 5) is 15.2. The third-order valence-corrected chi connectivity index (χ3v) is 5.97. The van der Waals surface area contributed by atoms with E-state index in [1.807, 2.05) is 72.9 Å². The highest BCUT2D eigenvalue weighted by Crippen LogP contribution is 2.25. The summed E-state index contributed by atoms with van der Waals surface area (Å²) in [5, 5.41) is 14.7. The molecular weight excluding hydrogens is 492 g/mol. The first-order chi connectivity index (χ1) is 15.5. The average Bonchev–Trinajstić information content (AvgIpc) is 3.18. The largest absolute Gasteiger partial charge is 0.489 e. The maximum absolute atomic E-state index is 12.0. The van der Waals surface area contributed by atoms with Gasteiger partial charge in [-0.3, -0.25) is 10.1 Å². The van der Waals surface area contributed by atoms with Gasteiger partial charge >= 0.3 is 5.97 Å². The molecule has 164 valence electrons. The fourth-order valence-corrected chi connectivity index (χ4v) is 4.24. The van der Waals surface area contributed by atoms with E-state index in [1.54, 1.807) is 0 Å². The van der Waals surface area contributed by atoms with E-state index in [0.717, 1.165) is 32.1 Å². The van der Waals surface area contributed by atoms with Crippen molar-refractivity contribution in [3.05, 3.63) is 99.1 Å². The second kappa shape index (κ2) is 10.2. The summed E-state index contributed by atoms with van der Waals surface area (Å²) >= 11 is 9.55. The number of rotatable bonds is 9. The predicted octanol–water partition coefficient (Wildman–Crippen LogP) is 5.95. The van der Waals surface area contributed by atoms with Gasteiger partial charge in [0.2, 0.25) is 0 Å². The van der Waals surface area contributed by atoms with Gasteiger partial charge in [-0.2, -0.15) is 0 Å². The summed E-state index contributed by atoms with van der Waals surface area (Å²) in [7, 11) is 0. The molecule has 0 saturated heterocycles. The van der Waals surface area contributed by atoms with Gasteiger partial charge in [0.25, 0.3) is 0 Å². The minimum absolute atomic E-state index is 0.351. The maximum atomic E-state index is 12.0. The van der Waals surface area contributed by atoms with Crippen LogP contribution in [-0.2, 0) is 24.4 Å². The van der Waals surface area contributed by atoms with Crippen molar-refractivity contribution in [3.8, 4) is 5.75 Å². The lowest BCUT2D eigenvalue weighted by Crippen LogP contribution is -2.38. The molecule has 0 fully saturated rings. The standard InChI is InChI=1S/C25H22BrClN2O3/c26-19-8-9-24(32-15-16-4-3-5-20(27)10-16)18(11-19)14-29-23(25(30)31)12-17-13-28-22-7-2-1-6-21(17)22/h1-11,13,23,28-29H,12,14-15H2,(H,30,31)/t23-/m1/s1. The zero-order valence-electron chi connectivity index (χ0n) is 17.1. The van der Waals surface area contributed by atoms with Gasteiger partial charge in [-0.1, -0.05) is 57.9 Å². The smallest absolute Gasteiger partial charge is 0.321 e. The molecule has 4 aromatic rings. The molecule has 3 aromatic carbocycles. The van der Waals surface area contributed by atoms with E-state index in [-0.39, 0.29) is 0 Å². The second-order valence-corrected chi connectivity index (χ2v) is 8.86. The van der Waals surface area contributed by atoms with Crippen molar-refractivity contribution in [2.75, 3.05) is 0 Å². The number of para-hydroxylation sites is 1. The maximum Gasteiger partial charge on any atom is 0.321 e. The Hall–Kier alpha value is -2.80. The number of aliphatic carboxylic acids is 1. The number of hydrogen-bond donors (Lipinski definition) is 3. The van der Waals surface area contributed by atoms with E-state index >= 15 is 0 Å². The lowest BCUT2D eigenvalue weighted by Gasteiger charge is -2.17. The molecule has 0 aliphatic carbocycles. The molecule has 0 spiro atoms. The highest BCUT2D eigenvalue weighted by molar-refractivity contribution is 9.10. The Morgan fingerprint density at radius 2 is 1.94 bits per heavy atom. The first-order valence-electron chi connectivity index (χ1n) is 10.2. The molecule has 0 aliphatic heterocycles. The molecule has 32 heavy (non-hydrogen) atoms. The van der Waals surface area contributed by atoms with Crippen LogP contribution >= 0.6 is 27.5 Å². The molecule has 7 heteroatoms. The summed E-state index contributed by atoms with van der Waals surface area (Å²) in [5.74, 6) is -0.205. The van der Waals surface area contributed by atoms with Gasteiger partial charge in [0, 0.05) is 45.1 Å². The highest BCUT2D eigenvalue weighted by Gasteiger charge is 2.20. The summed E-state index contributed by atoms with van der Waals surface area (Å²) < 4.78 is 6.91. The summed E-state index contributed by atoms with van der Waals surface area (Å²) in [6, 6.07) is 20.4. The number of hydrogen-bond acceptors (Lipinski definition) is 3. The van der Waals surface area contributed by atoms with Crippen molar-refractivity contribution in [3.63, 3.8) is 0 Å². The van der Waals surface area contributed by atoms with Crippen LogP contribution in [0.3, 0.4) is 0 Å². The van der Waals surface area contributed by atoms with Gasteiger partial charge in [-0.05, 0) is 47.5 Å². The first kappa shape index (κ1) is 22.4. The van der Waals surface area contributed by atoms with E-state index in [9.17, 15) is 9.90 Å². The number of aromatic nitrogens is 1. The van der Waals surface area contributed by atoms with Crippen molar-refractivity contribution in [1.29, 1.82) is 0 Å². The van der Waals surface area contributed by atoms with Crippen LogP contribution in [-0.4, -0.2) is 22.1 Å². The van der Waals surface area contributed by atoms with E-state index in [4.69, 9.17) is 16.3 Å².